The summed E-state index contributed by atoms with van der Waals surface area (Å²) in [6, 6.07) is 2.05. The van der Waals surface area contributed by atoms with Crippen molar-refractivity contribution in [2.45, 2.75) is 158 Å². The zero-order valence-corrected chi connectivity index (χ0v) is 47.2. The third kappa shape index (κ3) is 33.4. The predicted octanol–water partition coefficient (Wildman–Crippen LogP) is 17.7. The molecule has 0 bridgehead atoms. The summed E-state index contributed by atoms with van der Waals surface area (Å²) in [7, 11) is 0. The quantitative estimate of drug-likeness (QED) is 0.0245. The van der Waals surface area contributed by atoms with Crippen LogP contribution < -0.4 is 0 Å². The molecule has 0 amide bonds. The van der Waals surface area contributed by atoms with Crippen LogP contribution in [0, 0.1) is 70.3 Å². The van der Waals surface area contributed by atoms with Gasteiger partial charge in [-0.2, -0.15) is 0 Å². The number of halogens is 14. The standard InChI is InChI=1S/2C16H36N.2C6F5.4BrH.2Pd/c2*1-5-9-13-17(14-10-6-2,15-11-7-3)16-12-8-4;2*7-2-1-3(8)5(10)6(11)4(2)9;;;;;;/h2*5-16H2,1-4H3;;;4*1H;;/q2*+1;2*-1;;;;;2*+2/p-4. The third-order valence-corrected chi connectivity index (χ3v) is 9.87. The van der Waals surface area contributed by atoms with Crippen LogP contribution in [-0.2, 0) is 27.9 Å². The van der Waals surface area contributed by atoms with E-state index in [4.69, 9.17) is 0 Å². The van der Waals surface area contributed by atoms with E-state index in [1.807, 2.05) is 0 Å². The number of benzene rings is 2. The molecule has 0 heterocycles. The van der Waals surface area contributed by atoms with Gasteiger partial charge in [0, 0.05) is 0 Å². The molecule has 0 radical (unpaired) electrons. The summed E-state index contributed by atoms with van der Waals surface area (Å²) in [6.45, 7) is 30.0. The van der Waals surface area contributed by atoms with Gasteiger partial charge in [0.1, 0.15) is 0 Å². The summed E-state index contributed by atoms with van der Waals surface area (Å²) in [5.74, 6) is -20.1. The van der Waals surface area contributed by atoms with Gasteiger partial charge in [-0.15, -0.1) is 12.1 Å². The van der Waals surface area contributed by atoms with E-state index in [9.17, 15) is 43.9 Å². The van der Waals surface area contributed by atoms with Crippen molar-refractivity contribution in [3.63, 3.8) is 0 Å². The van der Waals surface area contributed by atoms with Crippen molar-refractivity contribution in [1.29, 1.82) is 0 Å². The van der Waals surface area contributed by atoms with Gasteiger partial charge in [0.2, 0.25) is 0 Å². The van der Waals surface area contributed by atoms with Crippen LogP contribution in [0.15, 0.2) is 0 Å². The molecule has 0 saturated carbocycles. The first-order chi connectivity index (χ1) is 29.4. The van der Waals surface area contributed by atoms with Crippen LogP contribution in [0.1, 0.15) is 158 Å². The second-order valence-electron chi connectivity index (χ2n) is 14.8. The summed E-state index contributed by atoms with van der Waals surface area (Å²) in [5.41, 5.74) is 0. The molecule has 18 heteroatoms. The van der Waals surface area contributed by atoms with E-state index in [1.165, 1.54) is 164 Å². The third-order valence-electron chi connectivity index (χ3n) is 9.87. The van der Waals surface area contributed by atoms with Crippen LogP contribution in [0.4, 0.5) is 43.9 Å². The molecular weight excluding hydrogens is 1280 g/mol. The monoisotopic (exact) mass is 1350 g/mol. The summed E-state index contributed by atoms with van der Waals surface area (Å²) in [4.78, 5) is 0. The molecule has 0 aromatic heterocycles. The van der Waals surface area contributed by atoms with E-state index in [1.54, 1.807) is 0 Å². The fourth-order valence-corrected chi connectivity index (χ4v) is 6.28. The molecule has 0 aliphatic carbocycles. The molecule has 62 heavy (non-hydrogen) atoms. The van der Waals surface area contributed by atoms with Crippen molar-refractivity contribution in [3.05, 3.63) is 70.3 Å². The van der Waals surface area contributed by atoms with Gasteiger partial charge in [-0.3, -0.25) is 17.6 Å². The first kappa shape index (κ1) is 69.5. The number of hydrogen-bond donors (Lipinski definition) is 0. The first-order valence-corrected chi connectivity index (χ1v) is 35.8. The number of nitrogens with zero attached hydrogens (tertiary/aromatic N) is 2. The van der Waals surface area contributed by atoms with Crippen LogP contribution >= 0.6 is 53.7 Å². The Morgan fingerprint density at radius 2 is 0.435 bits per heavy atom. The molecule has 0 aliphatic rings. The molecule has 2 aromatic rings. The van der Waals surface area contributed by atoms with Gasteiger partial charge in [0.05, 0.1) is 111 Å². The van der Waals surface area contributed by atoms with Crippen molar-refractivity contribution in [1.82, 2.24) is 0 Å². The second kappa shape index (κ2) is 45.7. The van der Waals surface area contributed by atoms with Crippen LogP contribution in [0.3, 0.4) is 0 Å². The van der Waals surface area contributed by atoms with Gasteiger partial charge in [-0.05, 0) is 51.4 Å². The Labute approximate surface area is 411 Å². The Morgan fingerprint density at radius 3 is 0.548 bits per heavy atom. The molecule has 0 N–H and O–H groups in total. The molecule has 0 aliphatic heterocycles. The molecule has 376 valence electrons. The molecule has 2 rings (SSSR count). The predicted molar refractivity (Wildman–Crippen MR) is 245 cm³/mol. The van der Waals surface area contributed by atoms with Crippen molar-refractivity contribution in [3.8, 4) is 0 Å². The first-order valence-electron chi connectivity index (χ1n) is 21.6. The van der Waals surface area contributed by atoms with Crippen molar-refractivity contribution >= 4 is 53.7 Å². The zero-order valence-electron chi connectivity index (χ0n) is 37.8. The van der Waals surface area contributed by atoms with Crippen LogP contribution in [0.5, 0.6) is 0 Å². The Bertz CT molecular complexity index is 1130. The zero-order chi connectivity index (χ0) is 48.6. The SMILES string of the molecule is CCCC[N+](CCCC)(CCCC)CCCC.CCCC[N+](CCCC)(CCCC)CCCC.Fc1[c-]c(F)c(F)c(F)c1F.Fc1[c-]c(F)c(F)c(F)c1F.[Br][Pd][Br].[Br][Pd][Br]. The van der Waals surface area contributed by atoms with Crippen LogP contribution in [0.2, 0.25) is 0 Å². The molecule has 2 nitrogen and oxygen atoms in total. The minimum absolute atomic E-state index is 0.575. The second-order valence-corrected chi connectivity index (χ2v) is 29.1. The van der Waals surface area contributed by atoms with Gasteiger partial charge in [-0.25, -0.2) is 26.3 Å². The van der Waals surface area contributed by atoms with Crippen LogP contribution in [0.25, 0.3) is 0 Å². The van der Waals surface area contributed by atoms with Gasteiger partial charge in [0.15, 0.2) is 0 Å². The van der Waals surface area contributed by atoms with Gasteiger partial charge < -0.3 is 8.97 Å². The Kier molecular flexibility index (Phi) is 51.2. The van der Waals surface area contributed by atoms with E-state index in [0.717, 1.165) is 12.1 Å². The summed E-state index contributed by atoms with van der Waals surface area (Å²) in [6.07, 6.45) is 22.1. The molecule has 0 spiro atoms. The number of unbranched alkanes of at least 4 members (excludes halogenated alkanes) is 8. The van der Waals surface area contributed by atoms with E-state index >= 15 is 0 Å². The fourth-order valence-electron chi connectivity index (χ4n) is 6.28. The molecule has 2 aromatic carbocycles. The van der Waals surface area contributed by atoms with Gasteiger partial charge in [0.25, 0.3) is 0 Å². The Hall–Kier alpha value is 0.905. The topological polar surface area (TPSA) is 0 Å². The van der Waals surface area contributed by atoms with Crippen LogP contribution in [-0.4, -0.2) is 61.3 Å². The Morgan fingerprint density at radius 1 is 0.306 bits per heavy atom. The number of quaternary nitrogens is 2. The van der Waals surface area contributed by atoms with E-state index in [0.29, 0.717) is 27.9 Å². The number of hydrogen-bond acceptors (Lipinski definition) is 0. The van der Waals surface area contributed by atoms with Crippen molar-refractivity contribution in [2.75, 3.05) is 52.4 Å². The Balaban J connectivity index is -0.000000351. The summed E-state index contributed by atoms with van der Waals surface area (Å²) in [5, 5.41) is 0. The van der Waals surface area contributed by atoms with E-state index in [2.05, 4.69) is 109 Å². The summed E-state index contributed by atoms with van der Waals surface area (Å²) >= 11 is 13.6. The molecule has 0 fully saturated rings. The van der Waals surface area contributed by atoms with Crippen molar-refractivity contribution in [2.24, 2.45) is 0 Å². The maximum atomic E-state index is 12.0. The average Bonchev–Trinajstić information content (AvgIpc) is 3.26. The van der Waals surface area contributed by atoms with Gasteiger partial charge in [-0.1, -0.05) is 107 Å². The number of rotatable bonds is 24. The van der Waals surface area contributed by atoms with Crippen molar-refractivity contribution < 1.29 is 80.8 Å². The normalized spacial score (nSPS) is 10.9. The minimum atomic E-state index is -2.17. The fraction of sp³-hybridized carbons (Fsp3) is 0.727. The maximum absolute atomic E-state index is 12.0. The molecule has 0 saturated heterocycles. The van der Waals surface area contributed by atoms with E-state index in [-0.39, 0.29) is 0 Å². The van der Waals surface area contributed by atoms with E-state index < -0.39 is 58.2 Å². The molecule has 0 atom stereocenters. The van der Waals surface area contributed by atoms with Gasteiger partial charge >= 0.3 is 81.6 Å². The average molecular weight is 1350 g/mol. The molecular formula is C44H72Br4F10N2Pd2. The summed E-state index contributed by atoms with van der Waals surface area (Å²) < 4.78 is 123. The molecule has 0 unspecified atom stereocenters.